The fourth-order valence-corrected chi connectivity index (χ4v) is 2.82. The van der Waals surface area contributed by atoms with Crippen molar-refractivity contribution in [3.63, 3.8) is 0 Å². The van der Waals surface area contributed by atoms with Crippen molar-refractivity contribution < 1.29 is 28.3 Å². The third-order valence-electron chi connectivity index (χ3n) is 4.26. The molecular formula is C20H12F2N2O4. The zero-order valence-electron chi connectivity index (χ0n) is 14.1. The number of carbonyl (C=O) groups excluding carboxylic acids is 1. The van der Waals surface area contributed by atoms with Crippen LogP contribution in [0, 0.1) is 11.6 Å². The average molecular weight is 382 g/mol. The van der Waals surface area contributed by atoms with Crippen molar-refractivity contribution in [2.45, 2.75) is 0 Å². The Morgan fingerprint density at radius 3 is 2.43 bits per heavy atom. The molecule has 0 fully saturated rings. The van der Waals surface area contributed by atoms with E-state index in [4.69, 9.17) is 9.62 Å². The van der Waals surface area contributed by atoms with E-state index in [-0.39, 0.29) is 17.0 Å². The number of nitrogens with one attached hydrogen (secondary N) is 1. The van der Waals surface area contributed by atoms with Crippen LogP contribution >= 0.6 is 0 Å². The van der Waals surface area contributed by atoms with Gasteiger partial charge in [-0.2, -0.15) is 4.39 Å². The summed E-state index contributed by atoms with van der Waals surface area (Å²) in [4.78, 5) is 15.8. The zero-order valence-corrected chi connectivity index (χ0v) is 14.1. The second-order valence-corrected chi connectivity index (χ2v) is 5.98. The lowest BCUT2D eigenvalue weighted by atomic mass is 10.0. The molecule has 4 rings (SSSR count). The van der Waals surface area contributed by atoms with E-state index in [0.717, 1.165) is 6.07 Å². The molecule has 0 spiro atoms. The predicted octanol–water partition coefficient (Wildman–Crippen LogP) is 4.26. The van der Waals surface area contributed by atoms with E-state index in [1.165, 1.54) is 18.2 Å². The van der Waals surface area contributed by atoms with E-state index in [1.807, 2.05) is 0 Å². The molecule has 3 N–H and O–H groups in total. The number of hydrogen-bond donors (Lipinski definition) is 3. The molecule has 0 aliphatic heterocycles. The number of phenols is 1. The molecule has 0 aliphatic rings. The van der Waals surface area contributed by atoms with Gasteiger partial charge in [-0.1, -0.05) is 12.1 Å². The number of hydroxylamine groups is 1. The number of oxazole rings is 1. The first kappa shape index (κ1) is 17.6. The van der Waals surface area contributed by atoms with Gasteiger partial charge in [-0.25, -0.2) is 14.9 Å². The summed E-state index contributed by atoms with van der Waals surface area (Å²) in [5.74, 6) is -3.56. The number of fused-ring (bicyclic) bond motifs is 1. The molecule has 0 atom stereocenters. The van der Waals surface area contributed by atoms with Gasteiger partial charge in [-0.3, -0.25) is 10.0 Å². The summed E-state index contributed by atoms with van der Waals surface area (Å²) in [7, 11) is 0. The summed E-state index contributed by atoms with van der Waals surface area (Å²) >= 11 is 0. The van der Waals surface area contributed by atoms with E-state index in [9.17, 15) is 18.7 Å². The smallest absolute Gasteiger partial charge is 0.274 e. The Bertz CT molecular complexity index is 1200. The van der Waals surface area contributed by atoms with E-state index in [2.05, 4.69) is 4.98 Å². The van der Waals surface area contributed by atoms with Crippen LogP contribution in [0.4, 0.5) is 8.78 Å². The highest BCUT2D eigenvalue weighted by molar-refractivity contribution is 5.96. The van der Waals surface area contributed by atoms with Crippen LogP contribution < -0.4 is 5.48 Å². The standard InChI is InChI=1S/C20H12F2N2O4/c21-14-7-6-13(18(25)17(14)22)10-1-3-11(4-2-10)20-23-15-9-12(19(26)24-27)5-8-16(15)28-20/h1-9,25,27H,(H,24,26). The van der Waals surface area contributed by atoms with Crippen molar-refractivity contribution in [1.29, 1.82) is 0 Å². The molecule has 0 saturated carbocycles. The summed E-state index contributed by atoms with van der Waals surface area (Å²) in [6, 6.07) is 13.3. The first-order valence-corrected chi connectivity index (χ1v) is 8.10. The van der Waals surface area contributed by atoms with Crippen LogP contribution in [-0.2, 0) is 0 Å². The zero-order chi connectivity index (χ0) is 19.8. The van der Waals surface area contributed by atoms with Crippen LogP contribution in [0.3, 0.4) is 0 Å². The summed E-state index contributed by atoms with van der Waals surface area (Å²) < 4.78 is 32.4. The maximum absolute atomic E-state index is 13.6. The lowest BCUT2D eigenvalue weighted by Crippen LogP contribution is -2.18. The van der Waals surface area contributed by atoms with Crippen molar-refractivity contribution in [2.75, 3.05) is 0 Å². The molecule has 28 heavy (non-hydrogen) atoms. The number of halogens is 2. The number of aromatic hydroxyl groups is 1. The van der Waals surface area contributed by atoms with Gasteiger partial charge < -0.3 is 9.52 Å². The Hall–Kier alpha value is -3.78. The van der Waals surface area contributed by atoms with Crippen molar-refractivity contribution in [3.05, 3.63) is 71.8 Å². The van der Waals surface area contributed by atoms with Crippen molar-refractivity contribution >= 4 is 17.0 Å². The number of hydrogen-bond acceptors (Lipinski definition) is 5. The highest BCUT2D eigenvalue weighted by atomic mass is 19.2. The van der Waals surface area contributed by atoms with Crippen LogP contribution in [-0.4, -0.2) is 21.2 Å². The first-order valence-electron chi connectivity index (χ1n) is 8.10. The van der Waals surface area contributed by atoms with Crippen LogP contribution in [0.5, 0.6) is 5.75 Å². The molecule has 4 aromatic rings. The van der Waals surface area contributed by atoms with Gasteiger partial charge >= 0.3 is 0 Å². The number of phenolic OH excluding ortho intramolecular Hbond substituents is 1. The summed E-state index contributed by atoms with van der Waals surface area (Å²) in [5.41, 5.74) is 3.90. The number of benzene rings is 3. The normalized spacial score (nSPS) is 11.0. The van der Waals surface area contributed by atoms with E-state index < -0.39 is 23.3 Å². The average Bonchev–Trinajstić information content (AvgIpc) is 3.15. The van der Waals surface area contributed by atoms with Crippen LogP contribution in [0.1, 0.15) is 10.4 Å². The molecule has 0 radical (unpaired) electrons. The van der Waals surface area contributed by atoms with Gasteiger partial charge in [0.15, 0.2) is 17.1 Å². The minimum atomic E-state index is -1.30. The van der Waals surface area contributed by atoms with Crippen molar-refractivity contribution in [3.8, 4) is 28.3 Å². The summed E-state index contributed by atoms with van der Waals surface area (Å²) in [5, 5.41) is 18.5. The number of carbonyl (C=O) groups is 1. The molecule has 6 nitrogen and oxygen atoms in total. The molecule has 8 heteroatoms. The molecule has 3 aromatic carbocycles. The highest BCUT2D eigenvalue weighted by Crippen LogP contribution is 2.34. The lowest BCUT2D eigenvalue weighted by Gasteiger charge is -2.06. The number of rotatable bonds is 3. The third-order valence-corrected chi connectivity index (χ3v) is 4.26. The Morgan fingerprint density at radius 1 is 1.00 bits per heavy atom. The fourth-order valence-electron chi connectivity index (χ4n) is 2.82. The second kappa shape index (κ2) is 6.75. The van der Waals surface area contributed by atoms with E-state index in [1.54, 1.807) is 35.8 Å². The number of nitrogens with zero attached hydrogens (tertiary/aromatic N) is 1. The molecule has 0 saturated heterocycles. The van der Waals surface area contributed by atoms with Crippen LogP contribution in [0.25, 0.3) is 33.7 Å². The Balaban J connectivity index is 1.69. The molecule has 1 heterocycles. The van der Waals surface area contributed by atoms with Gasteiger partial charge in [0, 0.05) is 16.7 Å². The Kier molecular flexibility index (Phi) is 4.25. The molecule has 1 amide bonds. The number of aromatic nitrogens is 1. The van der Waals surface area contributed by atoms with Gasteiger partial charge in [0.2, 0.25) is 11.7 Å². The summed E-state index contributed by atoms with van der Waals surface area (Å²) in [6.07, 6.45) is 0. The van der Waals surface area contributed by atoms with Gasteiger partial charge in [0.05, 0.1) is 0 Å². The molecule has 0 unspecified atom stereocenters. The maximum atomic E-state index is 13.6. The molecular weight excluding hydrogens is 370 g/mol. The summed E-state index contributed by atoms with van der Waals surface area (Å²) in [6.45, 7) is 0. The quantitative estimate of drug-likeness (QED) is 0.363. The fraction of sp³-hybridized carbons (Fsp3) is 0. The van der Waals surface area contributed by atoms with Crippen LogP contribution in [0.2, 0.25) is 0 Å². The Labute approximate surface area is 156 Å². The predicted molar refractivity (Wildman–Crippen MR) is 95.7 cm³/mol. The second-order valence-electron chi connectivity index (χ2n) is 5.98. The third kappa shape index (κ3) is 2.95. The molecule has 1 aromatic heterocycles. The monoisotopic (exact) mass is 382 g/mol. The van der Waals surface area contributed by atoms with E-state index >= 15 is 0 Å². The molecule has 0 aliphatic carbocycles. The largest absolute Gasteiger partial charge is 0.504 e. The number of amides is 1. The van der Waals surface area contributed by atoms with Crippen LogP contribution in [0.15, 0.2) is 59.0 Å². The van der Waals surface area contributed by atoms with Crippen molar-refractivity contribution in [1.82, 2.24) is 10.5 Å². The highest BCUT2D eigenvalue weighted by Gasteiger charge is 2.15. The minimum Gasteiger partial charge on any atom is -0.504 e. The topological polar surface area (TPSA) is 95.6 Å². The van der Waals surface area contributed by atoms with Gasteiger partial charge in [-0.15, -0.1) is 0 Å². The molecule has 0 bridgehead atoms. The lowest BCUT2D eigenvalue weighted by molar-refractivity contribution is 0.0706. The molecule has 140 valence electrons. The minimum absolute atomic E-state index is 0.155. The van der Waals surface area contributed by atoms with E-state index in [0.29, 0.717) is 22.2 Å². The van der Waals surface area contributed by atoms with Gasteiger partial charge in [0.1, 0.15) is 5.52 Å². The van der Waals surface area contributed by atoms with Gasteiger partial charge in [-0.05, 0) is 48.0 Å². The SMILES string of the molecule is O=C(NO)c1ccc2oc(-c3ccc(-c4ccc(F)c(F)c4O)cc3)nc2c1. The van der Waals surface area contributed by atoms with Gasteiger partial charge in [0.25, 0.3) is 5.91 Å². The van der Waals surface area contributed by atoms with Crippen molar-refractivity contribution in [2.24, 2.45) is 0 Å². The maximum Gasteiger partial charge on any atom is 0.274 e. The Morgan fingerprint density at radius 2 is 1.71 bits per heavy atom. The first-order chi connectivity index (χ1) is 13.5.